The van der Waals surface area contributed by atoms with Gasteiger partial charge in [-0.05, 0) is 38.0 Å². The topological polar surface area (TPSA) is 0 Å². The Kier molecular flexibility index (Phi) is 15.2. The summed E-state index contributed by atoms with van der Waals surface area (Å²) in [6.45, 7) is 6.13. The fraction of sp³-hybridized carbons (Fsp3) is 0.840. The first-order valence-corrected chi connectivity index (χ1v) is 11.6. The molecule has 0 aromatic rings. The van der Waals surface area contributed by atoms with Gasteiger partial charge in [-0.15, -0.1) is 6.58 Å². The Hall–Kier alpha value is -0.520. The first-order valence-electron chi connectivity index (χ1n) is 11.6. The highest BCUT2D eigenvalue weighted by Crippen LogP contribution is 2.37. The van der Waals surface area contributed by atoms with Gasteiger partial charge in [0, 0.05) is 0 Å². The van der Waals surface area contributed by atoms with Crippen molar-refractivity contribution < 1.29 is 0 Å². The molecule has 1 aliphatic carbocycles. The molecule has 1 unspecified atom stereocenters. The van der Waals surface area contributed by atoms with Crippen LogP contribution in [0.15, 0.2) is 24.3 Å². The first kappa shape index (κ1) is 22.5. The summed E-state index contributed by atoms with van der Waals surface area (Å²) in [5.74, 6) is 0.924. The number of hydrogen-bond acceptors (Lipinski definition) is 0. The lowest BCUT2D eigenvalue weighted by molar-refractivity contribution is 0.528. The average molecular weight is 347 g/mol. The maximum Gasteiger partial charge on any atom is -0.0194 e. The van der Waals surface area contributed by atoms with Crippen molar-refractivity contribution in [3.63, 3.8) is 0 Å². The van der Waals surface area contributed by atoms with Gasteiger partial charge in [-0.25, -0.2) is 0 Å². The van der Waals surface area contributed by atoms with E-state index in [0.29, 0.717) is 0 Å². The van der Waals surface area contributed by atoms with Crippen LogP contribution in [-0.4, -0.2) is 0 Å². The molecule has 0 radical (unpaired) electrons. The van der Waals surface area contributed by atoms with Crippen molar-refractivity contribution in [1.29, 1.82) is 0 Å². The smallest absolute Gasteiger partial charge is 0.0194 e. The van der Waals surface area contributed by atoms with E-state index in [4.69, 9.17) is 0 Å². The second-order valence-electron chi connectivity index (χ2n) is 8.41. The van der Waals surface area contributed by atoms with E-state index >= 15 is 0 Å². The number of allylic oxidation sites excluding steroid dienone is 3. The summed E-state index contributed by atoms with van der Waals surface area (Å²) >= 11 is 0. The quantitative estimate of drug-likeness (QED) is 0.161. The second kappa shape index (κ2) is 16.9. The lowest BCUT2D eigenvalue weighted by Crippen LogP contribution is -1.83. The lowest BCUT2D eigenvalue weighted by atomic mass is 10.0. The molecule has 0 aromatic carbocycles. The largest absolute Gasteiger partial charge is 0.103 e. The highest BCUT2D eigenvalue weighted by Gasteiger charge is 2.22. The highest BCUT2D eigenvalue weighted by atomic mass is 14.3. The molecular weight excluding hydrogens is 300 g/mol. The lowest BCUT2D eigenvalue weighted by Gasteiger charge is -2.03. The van der Waals surface area contributed by atoms with Gasteiger partial charge in [0.05, 0.1) is 0 Å². The van der Waals surface area contributed by atoms with Crippen LogP contribution in [0.5, 0.6) is 0 Å². The van der Waals surface area contributed by atoms with Gasteiger partial charge in [0.2, 0.25) is 0 Å². The molecule has 0 saturated heterocycles. The van der Waals surface area contributed by atoms with Crippen molar-refractivity contribution in [3.8, 4) is 0 Å². The van der Waals surface area contributed by atoms with E-state index in [1.165, 1.54) is 122 Å². The van der Waals surface area contributed by atoms with Gasteiger partial charge in [0.15, 0.2) is 0 Å². The number of unbranched alkanes of at least 4 members (excludes halogenated alkanes) is 17. The van der Waals surface area contributed by atoms with Crippen molar-refractivity contribution in [3.05, 3.63) is 24.3 Å². The van der Waals surface area contributed by atoms with Gasteiger partial charge < -0.3 is 0 Å². The molecule has 1 aliphatic rings. The Balaban J connectivity index is 1.63. The van der Waals surface area contributed by atoms with Crippen molar-refractivity contribution in [1.82, 2.24) is 0 Å². The van der Waals surface area contributed by atoms with Crippen molar-refractivity contribution >= 4 is 0 Å². The van der Waals surface area contributed by atoms with Gasteiger partial charge in [-0.1, -0.05) is 115 Å². The van der Waals surface area contributed by atoms with E-state index in [1.54, 1.807) is 5.57 Å². The maximum absolute atomic E-state index is 3.78. The normalized spacial score (nSPS) is 18.0. The first-order chi connectivity index (χ1) is 12.3. The standard InChI is InChI=1S/C25H46/c1-3-4-5-6-7-8-9-10-11-12-13-14-15-16-17-18-19-20-21-22-25-23-24(25)2/h3,22,24H,1,4-21,23H2,2H3. The minimum absolute atomic E-state index is 0.924. The molecule has 1 saturated carbocycles. The third kappa shape index (κ3) is 15.5. The highest BCUT2D eigenvalue weighted by molar-refractivity contribution is 5.21. The average Bonchev–Trinajstić information content (AvgIpc) is 3.32. The molecule has 0 heteroatoms. The molecule has 25 heavy (non-hydrogen) atoms. The van der Waals surface area contributed by atoms with Gasteiger partial charge >= 0.3 is 0 Å². The maximum atomic E-state index is 3.78. The van der Waals surface area contributed by atoms with Crippen LogP contribution in [0.25, 0.3) is 0 Å². The molecular formula is C25H46. The summed E-state index contributed by atoms with van der Waals surface area (Å²) in [6.07, 6.45) is 31.7. The Morgan fingerprint density at radius 3 is 1.28 bits per heavy atom. The van der Waals surface area contributed by atoms with Crippen LogP contribution in [-0.2, 0) is 0 Å². The Morgan fingerprint density at radius 1 is 0.640 bits per heavy atom. The van der Waals surface area contributed by atoms with E-state index in [1.807, 2.05) is 6.08 Å². The summed E-state index contributed by atoms with van der Waals surface area (Å²) in [6, 6.07) is 0. The van der Waals surface area contributed by atoms with Gasteiger partial charge in [-0.3, -0.25) is 0 Å². The van der Waals surface area contributed by atoms with E-state index in [9.17, 15) is 0 Å². The van der Waals surface area contributed by atoms with Crippen LogP contribution < -0.4 is 0 Å². The molecule has 0 amide bonds. The summed E-state index contributed by atoms with van der Waals surface area (Å²) in [5, 5.41) is 0. The molecule has 0 spiro atoms. The third-order valence-corrected chi connectivity index (χ3v) is 5.78. The molecule has 1 atom stereocenters. The second-order valence-corrected chi connectivity index (χ2v) is 8.41. The van der Waals surface area contributed by atoms with Crippen LogP contribution >= 0.6 is 0 Å². The van der Waals surface area contributed by atoms with E-state index < -0.39 is 0 Å². The number of rotatable bonds is 19. The van der Waals surface area contributed by atoms with Gasteiger partial charge in [-0.2, -0.15) is 0 Å². The SMILES string of the molecule is C=CCCCCCCCCCCCCCCCCCCC=C1CC1C. The van der Waals surface area contributed by atoms with Gasteiger partial charge in [0.25, 0.3) is 0 Å². The Bertz CT molecular complexity index is 325. The van der Waals surface area contributed by atoms with Crippen LogP contribution in [0.1, 0.15) is 129 Å². The zero-order chi connectivity index (χ0) is 18.0. The van der Waals surface area contributed by atoms with Crippen LogP contribution in [0.2, 0.25) is 0 Å². The summed E-state index contributed by atoms with van der Waals surface area (Å²) in [4.78, 5) is 0. The van der Waals surface area contributed by atoms with E-state index in [0.717, 1.165) is 5.92 Å². The summed E-state index contributed by atoms with van der Waals surface area (Å²) in [5.41, 5.74) is 1.73. The Labute approximate surface area is 159 Å². The van der Waals surface area contributed by atoms with Crippen molar-refractivity contribution in [2.45, 2.75) is 129 Å². The van der Waals surface area contributed by atoms with Crippen LogP contribution in [0.3, 0.4) is 0 Å². The minimum Gasteiger partial charge on any atom is -0.103 e. The molecule has 0 aliphatic heterocycles. The van der Waals surface area contributed by atoms with E-state index in [2.05, 4.69) is 19.6 Å². The summed E-state index contributed by atoms with van der Waals surface area (Å²) in [7, 11) is 0. The molecule has 0 N–H and O–H groups in total. The van der Waals surface area contributed by atoms with Gasteiger partial charge in [0.1, 0.15) is 0 Å². The van der Waals surface area contributed by atoms with Crippen LogP contribution in [0, 0.1) is 5.92 Å². The molecule has 146 valence electrons. The minimum atomic E-state index is 0.924. The monoisotopic (exact) mass is 346 g/mol. The fourth-order valence-electron chi connectivity index (χ4n) is 3.77. The third-order valence-electron chi connectivity index (χ3n) is 5.78. The zero-order valence-electron chi connectivity index (χ0n) is 17.4. The predicted molar refractivity (Wildman–Crippen MR) is 115 cm³/mol. The number of hydrogen-bond donors (Lipinski definition) is 0. The van der Waals surface area contributed by atoms with Crippen molar-refractivity contribution in [2.24, 2.45) is 5.92 Å². The molecule has 0 aromatic heterocycles. The zero-order valence-corrected chi connectivity index (χ0v) is 17.4. The molecule has 0 bridgehead atoms. The Morgan fingerprint density at radius 2 is 0.960 bits per heavy atom. The molecule has 1 fully saturated rings. The van der Waals surface area contributed by atoms with Crippen molar-refractivity contribution in [2.75, 3.05) is 0 Å². The fourth-order valence-corrected chi connectivity index (χ4v) is 3.77. The predicted octanol–water partition coefficient (Wildman–Crippen LogP) is 9.16. The summed E-state index contributed by atoms with van der Waals surface area (Å²) < 4.78 is 0. The molecule has 0 heterocycles. The molecule has 0 nitrogen and oxygen atoms in total. The van der Waals surface area contributed by atoms with Crippen LogP contribution in [0.4, 0.5) is 0 Å². The molecule has 1 rings (SSSR count). The van der Waals surface area contributed by atoms with E-state index in [-0.39, 0.29) is 0 Å².